The summed E-state index contributed by atoms with van der Waals surface area (Å²) in [6.45, 7) is 9.00. The molecule has 0 rings (SSSR count). The van der Waals surface area contributed by atoms with Gasteiger partial charge in [-0.3, -0.25) is 0 Å². The molecule has 0 aromatic rings. The van der Waals surface area contributed by atoms with Gasteiger partial charge in [0.25, 0.3) is 0 Å². The van der Waals surface area contributed by atoms with Crippen molar-refractivity contribution in [1.82, 2.24) is 0 Å². The van der Waals surface area contributed by atoms with Crippen molar-refractivity contribution in [2.45, 2.75) is 91.9 Å². The Balaban J connectivity index is 4.33. The van der Waals surface area contributed by atoms with Crippen LogP contribution in [-0.4, -0.2) is 21.3 Å². The van der Waals surface area contributed by atoms with Crippen molar-refractivity contribution in [3.05, 3.63) is 0 Å². The van der Waals surface area contributed by atoms with E-state index in [1.165, 1.54) is 64.2 Å². The molecule has 0 fully saturated rings. The first-order valence-electron chi connectivity index (χ1n) is 9.56. The lowest BCUT2D eigenvalue weighted by atomic mass is 10.0. The lowest BCUT2D eigenvalue weighted by Crippen LogP contribution is -2.16. The second-order valence-electron chi connectivity index (χ2n) is 7.22. The quantitative estimate of drug-likeness (QED) is 0.184. The minimum absolute atomic E-state index is 0.330. The number of rotatable bonds is 14. The van der Waals surface area contributed by atoms with Crippen LogP contribution in [0.1, 0.15) is 91.9 Å². The molecule has 0 bridgehead atoms. The first kappa shape index (κ1) is 24.1. The molecule has 0 radical (unpaired) electrons. The van der Waals surface area contributed by atoms with Crippen LogP contribution in [0, 0.1) is 11.8 Å². The zero-order chi connectivity index (χ0) is 17.7. The normalized spacial score (nSPS) is 16.3. The Morgan fingerprint density at radius 2 is 1.17 bits per heavy atom. The average molecular weight is 385 g/mol. The Hall–Kier alpha value is 1.05. The maximum absolute atomic E-state index is 10.1. The van der Waals surface area contributed by atoms with Gasteiger partial charge in [-0.25, -0.2) is 0 Å². The van der Waals surface area contributed by atoms with Gasteiger partial charge in [0, 0.05) is 0 Å². The first-order valence-corrected chi connectivity index (χ1v) is 14.6. The van der Waals surface area contributed by atoms with Gasteiger partial charge in [-0.05, 0) is 36.2 Å². The fourth-order valence-electron chi connectivity index (χ4n) is 2.93. The van der Waals surface area contributed by atoms with Crippen LogP contribution in [0.3, 0.4) is 0 Å². The van der Waals surface area contributed by atoms with E-state index in [1.54, 1.807) is 0 Å². The molecule has 0 aromatic heterocycles. The van der Waals surface area contributed by atoms with Gasteiger partial charge >= 0.3 is 0 Å². The molecule has 0 saturated heterocycles. The summed E-state index contributed by atoms with van der Waals surface area (Å²) in [6, 6.07) is 0. The Kier molecular flexibility index (Phi) is 14.9. The third kappa shape index (κ3) is 14.0. The summed E-state index contributed by atoms with van der Waals surface area (Å²) in [5.74, 6) is 3.03. The van der Waals surface area contributed by atoms with E-state index in [-0.39, 0.29) is 10.1 Å². The molecular formula is C18H41O2PS2. The second-order valence-corrected chi connectivity index (χ2v) is 15.4. The van der Waals surface area contributed by atoms with Gasteiger partial charge in [0.1, 0.15) is 0 Å². The van der Waals surface area contributed by atoms with Crippen LogP contribution in [-0.2, 0) is 10.1 Å². The molecule has 2 unspecified atom stereocenters. The molecule has 0 aliphatic rings. The maximum atomic E-state index is 10.1. The summed E-state index contributed by atoms with van der Waals surface area (Å²) in [6.07, 6.45) is 12.8. The summed E-state index contributed by atoms with van der Waals surface area (Å²) in [5, 5.41) is 0. The van der Waals surface area contributed by atoms with Gasteiger partial charge in [-0.2, -0.15) is 0 Å². The fraction of sp³-hybridized carbons (Fsp3) is 1.00. The minimum atomic E-state index is -3.00. The van der Waals surface area contributed by atoms with Gasteiger partial charge in [0.15, 0.2) is 5.69 Å². The van der Waals surface area contributed by atoms with Gasteiger partial charge < -0.3 is 9.79 Å². The smallest absolute Gasteiger partial charge is 0.198 e. The van der Waals surface area contributed by atoms with E-state index in [1.807, 2.05) is 0 Å². The topological polar surface area (TPSA) is 40.5 Å². The summed E-state index contributed by atoms with van der Waals surface area (Å²) in [4.78, 5) is 20.3. The van der Waals surface area contributed by atoms with Gasteiger partial charge in [-0.15, -0.1) is 10.1 Å². The largest absolute Gasteiger partial charge is 0.341 e. The molecule has 2 atom stereocenters. The van der Waals surface area contributed by atoms with Crippen LogP contribution in [0.5, 0.6) is 0 Å². The Labute approximate surface area is 153 Å². The molecule has 5 heteroatoms. The van der Waals surface area contributed by atoms with E-state index in [0.29, 0.717) is 11.8 Å². The molecule has 0 saturated carbocycles. The Morgan fingerprint density at radius 1 is 0.783 bits per heavy atom. The molecule has 0 amide bonds. The van der Waals surface area contributed by atoms with Crippen molar-refractivity contribution in [2.24, 2.45) is 11.8 Å². The highest BCUT2D eigenvalue weighted by atomic mass is 32.9. The van der Waals surface area contributed by atoms with Gasteiger partial charge in [0.2, 0.25) is 0 Å². The maximum Gasteiger partial charge on any atom is 0.198 e. The summed E-state index contributed by atoms with van der Waals surface area (Å²) < 4.78 is 0. The standard InChI is InChI=1S/C18H41O2PS2/c1-5-7-9-11-13-17(3)15-23(21(19,20)22)16-18(4)14-12-10-8-6-2/h17-20,22H,5-16H2,1-4H3. The number of unbranched alkanes of at least 4 members (excludes halogenated alkanes) is 6. The minimum Gasteiger partial charge on any atom is -0.341 e. The molecule has 23 heavy (non-hydrogen) atoms. The van der Waals surface area contributed by atoms with Crippen molar-refractivity contribution in [2.75, 3.05) is 11.5 Å². The van der Waals surface area contributed by atoms with Crippen molar-refractivity contribution in [3.63, 3.8) is 0 Å². The zero-order valence-electron chi connectivity index (χ0n) is 15.8. The van der Waals surface area contributed by atoms with E-state index in [2.05, 4.69) is 39.9 Å². The molecule has 0 heterocycles. The molecule has 0 spiro atoms. The predicted octanol–water partition coefficient (Wildman–Crippen LogP) is 6.41. The highest BCUT2D eigenvalue weighted by Gasteiger charge is 2.17. The van der Waals surface area contributed by atoms with Crippen LogP contribution < -0.4 is 0 Å². The van der Waals surface area contributed by atoms with Crippen molar-refractivity contribution < 1.29 is 9.79 Å². The average Bonchev–Trinajstić information content (AvgIpc) is 2.46. The van der Waals surface area contributed by atoms with Crippen LogP contribution >= 0.6 is 17.9 Å². The SMILES string of the molecule is CCCCCCC(C)CS(CC(C)CCCCCC)=P(O)(O)S. The van der Waals surface area contributed by atoms with Gasteiger partial charge in [-0.1, -0.05) is 91.3 Å². The van der Waals surface area contributed by atoms with Gasteiger partial charge in [0.05, 0.1) is 0 Å². The third-order valence-electron chi connectivity index (χ3n) is 4.40. The van der Waals surface area contributed by atoms with Crippen molar-refractivity contribution in [1.29, 1.82) is 0 Å². The monoisotopic (exact) mass is 384 g/mol. The Bertz CT molecular complexity index is 312. The lowest BCUT2D eigenvalue weighted by molar-refractivity contribution is 0.498. The molecule has 142 valence electrons. The molecule has 0 aliphatic heterocycles. The zero-order valence-corrected chi connectivity index (χ0v) is 18.4. The highest BCUT2D eigenvalue weighted by molar-refractivity contribution is 8.65. The third-order valence-corrected chi connectivity index (χ3v) is 12.1. The van der Waals surface area contributed by atoms with E-state index >= 15 is 0 Å². The van der Waals surface area contributed by atoms with Crippen molar-refractivity contribution in [3.8, 4) is 0 Å². The van der Waals surface area contributed by atoms with Crippen LogP contribution in [0.15, 0.2) is 0 Å². The molecule has 0 aliphatic carbocycles. The summed E-state index contributed by atoms with van der Waals surface area (Å²) in [5.41, 5.74) is -3.00. The van der Waals surface area contributed by atoms with E-state index in [0.717, 1.165) is 11.5 Å². The van der Waals surface area contributed by atoms with E-state index in [4.69, 9.17) is 0 Å². The number of thiol groups is 1. The number of hydrogen-bond donors (Lipinski definition) is 3. The molecule has 2 N–H and O–H groups in total. The van der Waals surface area contributed by atoms with Crippen LogP contribution in [0.4, 0.5) is 0 Å². The summed E-state index contributed by atoms with van der Waals surface area (Å²) in [7, 11) is -0.330. The molecule has 0 aromatic carbocycles. The lowest BCUT2D eigenvalue weighted by Gasteiger charge is -2.23. The summed E-state index contributed by atoms with van der Waals surface area (Å²) >= 11 is 4.18. The van der Waals surface area contributed by atoms with Crippen molar-refractivity contribution >= 4 is 28.0 Å². The van der Waals surface area contributed by atoms with E-state index < -0.39 is 5.69 Å². The molecule has 2 nitrogen and oxygen atoms in total. The number of hydrogen-bond acceptors (Lipinski definition) is 0. The highest BCUT2D eigenvalue weighted by Crippen LogP contribution is 2.48. The molecular weight excluding hydrogens is 343 g/mol. The fourth-order valence-corrected chi connectivity index (χ4v) is 9.04. The first-order chi connectivity index (χ1) is 10.8. The Morgan fingerprint density at radius 3 is 1.48 bits per heavy atom. The van der Waals surface area contributed by atoms with Crippen LogP contribution in [0.2, 0.25) is 0 Å². The second kappa shape index (κ2) is 14.2. The predicted molar refractivity (Wildman–Crippen MR) is 113 cm³/mol. The van der Waals surface area contributed by atoms with E-state index in [9.17, 15) is 9.79 Å². The van der Waals surface area contributed by atoms with Crippen LogP contribution in [0.25, 0.3) is 0 Å².